The van der Waals surface area contributed by atoms with Gasteiger partial charge in [-0.25, -0.2) is 0 Å². The fraction of sp³-hybridized carbons (Fsp3) is 0.632. The number of ether oxygens (including phenoxy) is 1. The molecule has 6 nitrogen and oxygen atoms in total. The number of morpholine rings is 1. The highest BCUT2D eigenvalue weighted by Gasteiger charge is 2.17. The van der Waals surface area contributed by atoms with E-state index in [1.165, 1.54) is 11.3 Å². The third-order valence-electron chi connectivity index (χ3n) is 4.49. The summed E-state index contributed by atoms with van der Waals surface area (Å²) in [5.41, 5.74) is 2.56. The van der Waals surface area contributed by atoms with E-state index in [9.17, 15) is 0 Å². The van der Waals surface area contributed by atoms with Gasteiger partial charge in [0.05, 0.1) is 12.7 Å². The van der Waals surface area contributed by atoms with E-state index < -0.39 is 0 Å². The van der Waals surface area contributed by atoms with Crippen LogP contribution in [0.1, 0.15) is 12.5 Å². The van der Waals surface area contributed by atoms with Crippen LogP contribution in [-0.2, 0) is 4.74 Å². The van der Waals surface area contributed by atoms with E-state index in [1.54, 1.807) is 7.05 Å². The van der Waals surface area contributed by atoms with Crippen molar-refractivity contribution in [1.29, 1.82) is 0 Å². The van der Waals surface area contributed by atoms with Crippen molar-refractivity contribution >= 4 is 35.6 Å². The number of hydrogen-bond donors (Lipinski definition) is 2. The summed E-state index contributed by atoms with van der Waals surface area (Å²) in [5.74, 6) is 0.831. The first-order valence-electron chi connectivity index (χ1n) is 9.18. The minimum Gasteiger partial charge on any atom is -0.374 e. The lowest BCUT2D eigenvalue weighted by Gasteiger charge is -2.30. The lowest BCUT2D eigenvalue weighted by atomic mass is 10.2. The molecule has 1 fully saturated rings. The number of anilines is 1. The fourth-order valence-electron chi connectivity index (χ4n) is 3.03. The highest BCUT2D eigenvalue weighted by atomic mass is 127. The molecule has 0 spiro atoms. The van der Waals surface area contributed by atoms with Gasteiger partial charge in [-0.15, -0.1) is 24.0 Å². The predicted octanol–water partition coefficient (Wildman–Crippen LogP) is 1.93. The Morgan fingerprint density at radius 3 is 2.85 bits per heavy atom. The zero-order valence-corrected chi connectivity index (χ0v) is 18.8. The highest BCUT2D eigenvalue weighted by molar-refractivity contribution is 14.0. The lowest BCUT2D eigenvalue weighted by Crippen LogP contribution is -2.49. The van der Waals surface area contributed by atoms with Gasteiger partial charge in [-0.3, -0.25) is 4.99 Å². The average Bonchev–Trinajstić information content (AvgIpc) is 2.61. The van der Waals surface area contributed by atoms with Crippen LogP contribution in [0.4, 0.5) is 5.69 Å². The van der Waals surface area contributed by atoms with Crippen LogP contribution < -0.4 is 15.5 Å². The molecular weight excluding hydrogens is 441 g/mol. The van der Waals surface area contributed by atoms with E-state index >= 15 is 0 Å². The standard InChI is InChI=1S/C19H33N5O.HI/c1-5-24(17-8-6-7-16(2)13-17)10-9-21-19(20-3)22-14-18-15-23(4)11-12-25-18;/h6-8,13,18H,5,9-12,14-15H2,1-4H3,(H2,20,21,22);1H. The Balaban J connectivity index is 0.00000338. The third-order valence-corrected chi connectivity index (χ3v) is 4.49. The number of guanidine groups is 1. The van der Waals surface area contributed by atoms with Crippen molar-refractivity contribution in [1.82, 2.24) is 15.5 Å². The second-order valence-corrected chi connectivity index (χ2v) is 6.55. The summed E-state index contributed by atoms with van der Waals surface area (Å²) >= 11 is 0. The summed E-state index contributed by atoms with van der Waals surface area (Å²) in [5, 5.41) is 6.77. The molecule has 2 rings (SSSR count). The molecular formula is C19H34IN5O. The van der Waals surface area contributed by atoms with Crippen LogP contribution in [0.25, 0.3) is 0 Å². The van der Waals surface area contributed by atoms with E-state index in [0.717, 1.165) is 51.8 Å². The van der Waals surface area contributed by atoms with E-state index in [1.807, 2.05) is 0 Å². The first-order chi connectivity index (χ1) is 12.1. The molecule has 1 unspecified atom stereocenters. The number of nitrogens with one attached hydrogen (secondary N) is 2. The van der Waals surface area contributed by atoms with Crippen molar-refractivity contribution in [2.75, 3.05) is 64.9 Å². The molecule has 1 saturated heterocycles. The summed E-state index contributed by atoms with van der Waals surface area (Å²) in [6, 6.07) is 8.64. The van der Waals surface area contributed by atoms with Crippen molar-refractivity contribution in [3.8, 4) is 0 Å². The minimum absolute atomic E-state index is 0. The van der Waals surface area contributed by atoms with Gasteiger partial charge in [0.2, 0.25) is 0 Å². The maximum absolute atomic E-state index is 5.78. The molecule has 2 N–H and O–H groups in total. The zero-order valence-electron chi connectivity index (χ0n) is 16.5. The Morgan fingerprint density at radius 2 is 2.19 bits per heavy atom. The van der Waals surface area contributed by atoms with Crippen LogP contribution >= 0.6 is 24.0 Å². The SMILES string of the molecule is CCN(CCNC(=NC)NCC1CN(C)CCO1)c1cccc(C)c1.I. The minimum atomic E-state index is 0. The maximum Gasteiger partial charge on any atom is 0.191 e. The molecule has 0 aromatic heterocycles. The van der Waals surface area contributed by atoms with Crippen LogP contribution in [0.5, 0.6) is 0 Å². The maximum atomic E-state index is 5.78. The smallest absolute Gasteiger partial charge is 0.191 e. The Labute approximate surface area is 175 Å². The van der Waals surface area contributed by atoms with Gasteiger partial charge in [0, 0.05) is 52.0 Å². The van der Waals surface area contributed by atoms with Gasteiger partial charge >= 0.3 is 0 Å². The third kappa shape index (κ3) is 7.67. The molecule has 0 bridgehead atoms. The van der Waals surface area contributed by atoms with Gasteiger partial charge < -0.3 is 25.2 Å². The van der Waals surface area contributed by atoms with Gasteiger partial charge in [-0.2, -0.15) is 0 Å². The molecule has 1 aliphatic heterocycles. The number of aliphatic imine (C=N–C) groups is 1. The van der Waals surface area contributed by atoms with Crippen molar-refractivity contribution < 1.29 is 4.74 Å². The van der Waals surface area contributed by atoms with Gasteiger partial charge in [-0.05, 0) is 38.6 Å². The van der Waals surface area contributed by atoms with Crippen molar-refractivity contribution in [3.63, 3.8) is 0 Å². The molecule has 0 radical (unpaired) electrons. The van der Waals surface area contributed by atoms with Crippen LogP contribution in [0.3, 0.4) is 0 Å². The van der Waals surface area contributed by atoms with Gasteiger partial charge in [-0.1, -0.05) is 12.1 Å². The van der Waals surface area contributed by atoms with Gasteiger partial charge in [0.1, 0.15) is 0 Å². The van der Waals surface area contributed by atoms with E-state index in [-0.39, 0.29) is 30.1 Å². The summed E-state index contributed by atoms with van der Waals surface area (Å²) < 4.78 is 5.78. The van der Waals surface area contributed by atoms with Gasteiger partial charge in [0.15, 0.2) is 5.96 Å². The average molecular weight is 475 g/mol. The van der Waals surface area contributed by atoms with E-state index in [2.05, 4.69) is 70.6 Å². The van der Waals surface area contributed by atoms with Crippen molar-refractivity contribution in [2.45, 2.75) is 20.0 Å². The van der Waals surface area contributed by atoms with Crippen molar-refractivity contribution in [2.24, 2.45) is 4.99 Å². The Hall–Kier alpha value is -1.06. The number of aryl methyl sites for hydroxylation is 1. The summed E-state index contributed by atoms with van der Waals surface area (Å²) in [7, 11) is 3.94. The molecule has 7 heteroatoms. The first-order valence-corrected chi connectivity index (χ1v) is 9.18. The Bertz CT molecular complexity index is 554. The first kappa shape index (κ1) is 23.0. The Morgan fingerprint density at radius 1 is 1.38 bits per heavy atom. The lowest BCUT2D eigenvalue weighted by molar-refractivity contribution is -0.0161. The molecule has 0 amide bonds. The van der Waals surface area contributed by atoms with Crippen LogP contribution in [0.2, 0.25) is 0 Å². The molecule has 1 aromatic rings. The number of rotatable bonds is 7. The summed E-state index contributed by atoms with van der Waals surface area (Å²) in [6.07, 6.45) is 0.219. The predicted molar refractivity (Wildman–Crippen MR) is 121 cm³/mol. The number of benzene rings is 1. The topological polar surface area (TPSA) is 52.1 Å². The molecule has 0 saturated carbocycles. The quantitative estimate of drug-likeness (QED) is 0.359. The zero-order chi connectivity index (χ0) is 18.1. The molecule has 0 aliphatic carbocycles. The molecule has 148 valence electrons. The summed E-state index contributed by atoms with van der Waals surface area (Å²) in [4.78, 5) is 8.97. The Kier molecular flexibility index (Phi) is 10.9. The fourth-order valence-corrected chi connectivity index (χ4v) is 3.03. The van der Waals surface area contributed by atoms with Crippen LogP contribution in [0, 0.1) is 6.92 Å². The number of halogens is 1. The molecule has 1 heterocycles. The van der Waals surface area contributed by atoms with Crippen molar-refractivity contribution in [3.05, 3.63) is 29.8 Å². The number of hydrogen-bond acceptors (Lipinski definition) is 4. The van der Waals surface area contributed by atoms with Crippen LogP contribution in [0.15, 0.2) is 29.3 Å². The van der Waals surface area contributed by atoms with Crippen LogP contribution in [-0.4, -0.2) is 76.9 Å². The molecule has 1 aliphatic rings. The van der Waals surface area contributed by atoms with E-state index in [4.69, 9.17) is 4.74 Å². The largest absolute Gasteiger partial charge is 0.374 e. The second-order valence-electron chi connectivity index (χ2n) is 6.55. The van der Waals surface area contributed by atoms with Gasteiger partial charge in [0.25, 0.3) is 0 Å². The second kappa shape index (κ2) is 12.3. The van der Waals surface area contributed by atoms with E-state index in [0.29, 0.717) is 0 Å². The highest BCUT2D eigenvalue weighted by Crippen LogP contribution is 2.14. The normalized spacial score (nSPS) is 18.2. The molecule has 1 atom stereocenters. The molecule has 1 aromatic carbocycles. The summed E-state index contributed by atoms with van der Waals surface area (Å²) in [6.45, 7) is 10.6. The number of nitrogens with zero attached hydrogens (tertiary/aromatic N) is 3. The number of likely N-dealkylation sites (N-methyl/N-ethyl adjacent to an activating group) is 2. The monoisotopic (exact) mass is 475 g/mol. The molecule has 26 heavy (non-hydrogen) atoms.